The molecule has 3 N–H and O–H groups in total. The molecule has 0 amide bonds. The van der Waals surface area contributed by atoms with Crippen molar-refractivity contribution in [3.05, 3.63) is 46.4 Å². The van der Waals surface area contributed by atoms with Gasteiger partial charge in [-0.15, -0.1) is 0 Å². The van der Waals surface area contributed by atoms with E-state index >= 15 is 0 Å². The first kappa shape index (κ1) is 16.0. The van der Waals surface area contributed by atoms with Crippen LogP contribution in [-0.4, -0.2) is 19.9 Å². The number of sulfonamides is 1. The van der Waals surface area contributed by atoms with Gasteiger partial charge in [0.25, 0.3) is 10.0 Å². The highest BCUT2D eigenvalue weighted by molar-refractivity contribution is 9.10. The molecule has 1 heterocycles. The summed E-state index contributed by atoms with van der Waals surface area (Å²) in [6.45, 7) is 3.30. The minimum absolute atomic E-state index is 0.103. The van der Waals surface area contributed by atoms with Gasteiger partial charge in [-0.3, -0.25) is 4.72 Å². The number of benzene rings is 1. The number of rotatable bonds is 6. The van der Waals surface area contributed by atoms with E-state index in [0.29, 0.717) is 11.0 Å². The van der Waals surface area contributed by atoms with Crippen LogP contribution in [0.1, 0.15) is 12.6 Å². The minimum atomic E-state index is -3.76. The smallest absolute Gasteiger partial charge is 0.263 e. The lowest BCUT2D eigenvalue weighted by Gasteiger charge is -2.08. The Morgan fingerprint density at radius 1 is 1.33 bits per heavy atom. The van der Waals surface area contributed by atoms with Crippen molar-refractivity contribution >= 4 is 31.6 Å². The fourth-order valence-electron chi connectivity index (χ4n) is 1.72. The lowest BCUT2D eigenvalue weighted by Crippen LogP contribution is -2.13. The molecular weight excluding hydrogens is 361 g/mol. The van der Waals surface area contributed by atoms with Gasteiger partial charge in [-0.2, -0.15) is 0 Å². The molecular formula is C13H15BrFN3O2S. The largest absolute Gasteiger partial charge is 0.363 e. The average molecular weight is 376 g/mol. The van der Waals surface area contributed by atoms with E-state index in [4.69, 9.17) is 0 Å². The second-order valence-electron chi connectivity index (χ2n) is 4.37. The molecule has 0 aliphatic carbocycles. The van der Waals surface area contributed by atoms with Crippen molar-refractivity contribution in [2.45, 2.75) is 18.4 Å². The highest BCUT2D eigenvalue weighted by Crippen LogP contribution is 2.26. The molecule has 21 heavy (non-hydrogen) atoms. The summed E-state index contributed by atoms with van der Waals surface area (Å²) in [6.07, 6.45) is 1.40. The zero-order valence-electron chi connectivity index (χ0n) is 11.3. The van der Waals surface area contributed by atoms with Gasteiger partial charge >= 0.3 is 0 Å². The normalized spacial score (nSPS) is 11.6. The first-order chi connectivity index (χ1) is 9.92. The number of aromatic amines is 1. The maximum Gasteiger partial charge on any atom is 0.263 e. The summed E-state index contributed by atoms with van der Waals surface area (Å²) in [4.78, 5) is 2.99. The molecule has 8 heteroatoms. The second-order valence-corrected chi connectivity index (χ2v) is 6.91. The van der Waals surface area contributed by atoms with E-state index in [9.17, 15) is 12.8 Å². The lowest BCUT2D eigenvalue weighted by molar-refractivity contribution is 0.601. The summed E-state index contributed by atoms with van der Waals surface area (Å²) < 4.78 is 40.5. The van der Waals surface area contributed by atoms with E-state index in [0.717, 1.165) is 18.3 Å². The highest BCUT2D eigenvalue weighted by atomic mass is 79.9. The van der Waals surface area contributed by atoms with Gasteiger partial charge in [0.15, 0.2) is 0 Å². The number of nitrogens with one attached hydrogen (secondary N) is 3. The Morgan fingerprint density at radius 3 is 2.81 bits per heavy atom. The van der Waals surface area contributed by atoms with Crippen molar-refractivity contribution in [2.75, 3.05) is 11.3 Å². The van der Waals surface area contributed by atoms with Gasteiger partial charge in [0.2, 0.25) is 0 Å². The Balaban J connectivity index is 2.22. The molecule has 0 bridgehead atoms. The molecule has 1 aromatic heterocycles. The fraction of sp³-hybridized carbons (Fsp3) is 0.231. The number of H-pyrrole nitrogens is 1. The minimum Gasteiger partial charge on any atom is -0.363 e. The standard InChI is InChI=1S/C13H15BrFN3O2S/c1-2-16-7-10-6-11(8-17-10)21(19,20)18-13-5-9(15)3-4-12(13)14/h3-6,8,16-18H,2,7H2,1H3. The molecule has 0 spiro atoms. The zero-order chi connectivity index (χ0) is 15.5. The van der Waals surface area contributed by atoms with Gasteiger partial charge in [0, 0.05) is 22.9 Å². The van der Waals surface area contributed by atoms with Gasteiger partial charge in [-0.05, 0) is 46.7 Å². The number of hydrogen-bond acceptors (Lipinski definition) is 3. The van der Waals surface area contributed by atoms with Gasteiger partial charge < -0.3 is 10.3 Å². The van der Waals surface area contributed by atoms with Crippen LogP contribution in [0.15, 0.2) is 39.8 Å². The maximum absolute atomic E-state index is 13.2. The molecule has 0 aliphatic rings. The molecule has 0 saturated carbocycles. The number of anilines is 1. The van der Waals surface area contributed by atoms with E-state index in [1.807, 2.05) is 6.92 Å². The van der Waals surface area contributed by atoms with E-state index < -0.39 is 15.8 Å². The van der Waals surface area contributed by atoms with Crippen molar-refractivity contribution in [3.63, 3.8) is 0 Å². The van der Waals surface area contributed by atoms with Crippen LogP contribution in [0.5, 0.6) is 0 Å². The first-order valence-corrected chi connectivity index (χ1v) is 8.56. The monoisotopic (exact) mass is 375 g/mol. The summed E-state index contributed by atoms with van der Waals surface area (Å²) in [5.74, 6) is -0.516. The number of aromatic nitrogens is 1. The zero-order valence-corrected chi connectivity index (χ0v) is 13.7. The van der Waals surface area contributed by atoms with E-state index in [1.54, 1.807) is 0 Å². The molecule has 0 radical (unpaired) electrons. The van der Waals surface area contributed by atoms with Crippen molar-refractivity contribution in [1.82, 2.24) is 10.3 Å². The summed E-state index contributed by atoms with van der Waals surface area (Å²) in [5, 5.41) is 3.09. The van der Waals surface area contributed by atoms with Crippen LogP contribution in [0.2, 0.25) is 0 Å². The van der Waals surface area contributed by atoms with E-state index in [2.05, 4.69) is 31.0 Å². The third-order valence-corrected chi connectivity index (χ3v) is 4.80. The summed E-state index contributed by atoms with van der Waals surface area (Å²) in [7, 11) is -3.76. The first-order valence-electron chi connectivity index (χ1n) is 6.28. The van der Waals surface area contributed by atoms with Crippen molar-refractivity contribution in [2.24, 2.45) is 0 Å². The van der Waals surface area contributed by atoms with Crippen LogP contribution >= 0.6 is 15.9 Å². The van der Waals surface area contributed by atoms with Crippen LogP contribution in [-0.2, 0) is 16.6 Å². The third-order valence-electron chi connectivity index (χ3n) is 2.76. The van der Waals surface area contributed by atoms with E-state index in [1.165, 1.54) is 24.4 Å². The Hall–Kier alpha value is -1.38. The van der Waals surface area contributed by atoms with Gasteiger partial charge in [0.1, 0.15) is 10.7 Å². The van der Waals surface area contributed by atoms with Crippen LogP contribution in [0.25, 0.3) is 0 Å². The molecule has 0 fully saturated rings. The van der Waals surface area contributed by atoms with Crippen LogP contribution in [0.4, 0.5) is 10.1 Å². The fourth-order valence-corrected chi connectivity index (χ4v) is 3.28. The molecule has 0 aliphatic heterocycles. The van der Waals surface area contributed by atoms with Crippen molar-refractivity contribution in [1.29, 1.82) is 0 Å². The Labute approximate surface area is 131 Å². The predicted molar refractivity (Wildman–Crippen MR) is 83.1 cm³/mol. The SMILES string of the molecule is CCNCc1cc(S(=O)(=O)Nc2cc(F)ccc2Br)c[nH]1. The summed E-state index contributed by atoms with van der Waals surface area (Å²) in [6, 6.07) is 5.35. The molecule has 1 aromatic carbocycles. The predicted octanol–water partition coefficient (Wildman–Crippen LogP) is 2.83. The van der Waals surface area contributed by atoms with Crippen LogP contribution < -0.4 is 10.0 Å². The average Bonchev–Trinajstić information content (AvgIpc) is 2.90. The topological polar surface area (TPSA) is 74.0 Å². The van der Waals surface area contributed by atoms with Crippen LogP contribution in [0, 0.1) is 5.82 Å². The lowest BCUT2D eigenvalue weighted by atomic mass is 10.3. The molecule has 5 nitrogen and oxygen atoms in total. The number of hydrogen-bond donors (Lipinski definition) is 3. The quantitative estimate of drug-likeness (QED) is 0.726. The number of halogens is 2. The summed E-state index contributed by atoms with van der Waals surface area (Å²) in [5.41, 5.74) is 0.917. The Bertz CT molecular complexity index is 731. The van der Waals surface area contributed by atoms with E-state index in [-0.39, 0.29) is 10.6 Å². The Morgan fingerprint density at radius 2 is 2.10 bits per heavy atom. The summed E-state index contributed by atoms with van der Waals surface area (Å²) >= 11 is 3.18. The second kappa shape index (κ2) is 6.59. The highest BCUT2D eigenvalue weighted by Gasteiger charge is 2.17. The van der Waals surface area contributed by atoms with Crippen molar-refractivity contribution in [3.8, 4) is 0 Å². The molecule has 114 valence electrons. The maximum atomic E-state index is 13.2. The van der Waals surface area contributed by atoms with Crippen molar-refractivity contribution < 1.29 is 12.8 Å². The third kappa shape index (κ3) is 4.05. The van der Waals surface area contributed by atoms with Gasteiger partial charge in [-0.25, -0.2) is 12.8 Å². The molecule has 0 unspecified atom stereocenters. The molecule has 2 rings (SSSR count). The Kier molecular flexibility index (Phi) is 5.02. The molecule has 0 saturated heterocycles. The molecule has 0 atom stereocenters. The van der Waals surface area contributed by atoms with Gasteiger partial charge in [0.05, 0.1) is 5.69 Å². The van der Waals surface area contributed by atoms with Crippen LogP contribution in [0.3, 0.4) is 0 Å². The van der Waals surface area contributed by atoms with Gasteiger partial charge in [-0.1, -0.05) is 6.92 Å². The molecule has 2 aromatic rings.